The molecule has 20 heavy (non-hydrogen) atoms. The van der Waals surface area contributed by atoms with E-state index in [1.165, 1.54) is 0 Å². The van der Waals surface area contributed by atoms with E-state index in [4.69, 9.17) is 15.7 Å². The van der Waals surface area contributed by atoms with Crippen LogP contribution in [0.4, 0.5) is 0 Å². The van der Waals surface area contributed by atoms with Crippen LogP contribution in [0.1, 0.15) is 32.6 Å². The summed E-state index contributed by atoms with van der Waals surface area (Å²) in [5.74, 6) is -0.112. The predicted molar refractivity (Wildman–Crippen MR) is 72.3 cm³/mol. The van der Waals surface area contributed by atoms with Crippen LogP contribution in [-0.4, -0.2) is 58.9 Å². The minimum absolute atomic E-state index is 0.000284. The summed E-state index contributed by atoms with van der Waals surface area (Å²) in [6.07, 6.45) is 2.51. The minimum atomic E-state index is -0.883. The van der Waals surface area contributed by atoms with Crippen LogP contribution in [0.3, 0.4) is 0 Å². The Morgan fingerprint density at radius 1 is 1.45 bits per heavy atom. The molecule has 0 aromatic heterocycles. The van der Waals surface area contributed by atoms with Crippen molar-refractivity contribution in [3.05, 3.63) is 0 Å². The van der Waals surface area contributed by atoms with Gasteiger partial charge in [-0.05, 0) is 19.8 Å². The van der Waals surface area contributed by atoms with Gasteiger partial charge in [-0.2, -0.15) is 0 Å². The number of carbonyl (C=O) groups excluding carboxylic acids is 1. The van der Waals surface area contributed by atoms with Gasteiger partial charge in [0.05, 0.1) is 18.8 Å². The van der Waals surface area contributed by atoms with Crippen LogP contribution in [0, 0.1) is 5.41 Å². The second-order valence-electron chi connectivity index (χ2n) is 5.74. The van der Waals surface area contributed by atoms with Crippen LogP contribution >= 0.6 is 0 Å². The molecule has 1 heterocycles. The number of aliphatic hydroxyl groups excluding tert-OH is 1. The maximum absolute atomic E-state index is 12.8. The van der Waals surface area contributed by atoms with Crippen LogP contribution < -0.4 is 5.73 Å². The number of nitrogens with two attached hydrogens (primary N) is 1. The van der Waals surface area contributed by atoms with Crippen molar-refractivity contribution in [2.24, 2.45) is 16.3 Å². The zero-order valence-corrected chi connectivity index (χ0v) is 11.8. The van der Waals surface area contributed by atoms with E-state index >= 15 is 0 Å². The van der Waals surface area contributed by atoms with Crippen LogP contribution in [0.25, 0.3) is 0 Å². The first-order valence-corrected chi connectivity index (χ1v) is 7.07. The highest BCUT2D eigenvalue weighted by molar-refractivity contribution is 6.07. The van der Waals surface area contributed by atoms with Gasteiger partial charge in [0.25, 0.3) is 0 Å². The van der Waals surface area contributed by atoms with Gasteiger partial charge in [0.2, 0.25) is 5.91 Å². The Balaban J connectivity index is 2.19. The van der Waals surface area contributed by atoms with Gasteiger partial charge in [0.15, 0.2) is 5.84 Å². The molecule has 7 heteroatoms. The Morgan fingerprint density at radius 3 is 2.65 bits per heavy atom. The Labute approximate surface area is 118 Å². The van der Waals surface area contributed by atoms with Crippen LogP contribution in [0.2, 0.25) is 0 Å². The van der Waals surface area contributed by atoms with Crippen molar-refractivity contribution in [3.8, 4) is 0 Å². The first kappa shape index (κ1) is 15.1. The molecule has 7 nitrogen and oxygen atoms in total. The van der Waals surface area contributed by atoms with Gasteiger partial charge >= 0.3 is 0 Å². The second-order valence-corrected chi connectivity index (χ2v) is 5.74. The minimum Gasteiger partial charge on any atom is -0.409 e. The average Bonchev–Trinajstić information content (AvgIpc) is 2.95. The van der Waals surface area contributed by atoms with Gasteiger partial charge in [-0.15, -0.1) is 0 Å². The van der Waals surface area contributed by atoms with Crippen molar-refractivity contribution >= 4 is 11.7 Å². The first-order chi connectivity index (χ1) is 9.53. The van der Waals surface area contributed by atoms with Gasteiger partial charge in [-0.3, -0.25) is 4.79 Å². The lowest BCUT2D eigenvalue weighted by atomic mass is 9.83. The van der Waals surface area contributed by atoms with Crippen molar-refractivity contribution < 1.29 is 19.8 Å². The zero-order chi connectivity index (χ0) is 14.8. The van der Waals surface area contributed by atoms with Crippen LogP contribution in [0.15, 0.2) is 5.16 Å². The number of aliphatic hydroxyl groups is 1. The summed E-state index contributed by atoms with van der Waals surface area (Å²) in [6, 6.07) is 0. The molecule has 114 valence electrons. The van der Waals surface area contributed by atoms with E-state index in [-0.39, 0.29) is 30.6 Å². The third kappa shape index (κ3) is 2.60. The molecule has 1 amide bonds. The van der Waals surface area contributed by atoms with Gasteiger partial charge in [-0.1, -0.05) is 18.0 Å². The third-order valence-electron chi connectivity index (χ3n) is 4.28. The van der Waals surface area contributed by atoms with E-state index in [0.29, 0.717) is 25.9 Å². The number of rotatable bonds is 3. The first-order valence-electron chi connectivity index (χ1n) is 7.07. The summed E-state index contributed by atoms with van der Waals surface area (Å²) in [5.41, 5.74) is 4.91. The fourth-order valence-corrected chi connectivity index (χ4v) is 3.27. The van der Waals surface area contributed by atoms with Gasteiger partial charge < -0.3 is 25.7 Å². The summed E-state index contributed by atoms with van der Waals surface area (Å²) in [4.78, 5) is 14.5. The lowest BCUT2D eigenvalue weighted by molar-refractivity contribution is -0.153. The Kier molecular flexibility index (Phi) is 4.49. The molecular formula is C13H23N3O4. The molecule has 0 bridgehead atoms. The van der Waals surface area contributed by atoms with Crippen molar-refractivity contribution in [3.63, 3.8) is 0 Å². The van der Waals surface area contributed by atoms with Crippen molar-refractivity contribution in [2.75, 3.05) is 19.7 Å². The fraction of sp³-hybridized carbons (Fsp3) is 0.846. The van der Waals surface area contributed by atoms with E-state index in [9.17, 15) is 9.90 Å². The van der Waals surface area contributed by atoms with Crippen LogP contribution in [0.5, 0.6) is 0 Å². The third-order valence-corrected chi connectivity index (χ3v) is 4.28. The molecule has 1 aliphatic heterocycles. The molecule has 0 aromatic carbocycles. The number of morpholine rings is 1. The monoisotopic (exact) mass is 285 g/mol. The number of carbonyl (C=O) groups is 1. The summed E-state index contributed by atoms with van der Waals surface area (Å²) in [6.45, 7) is 2.56. The SMILES string of the molecule is CC1CN(C(=O)C2(C(N)=NO)CCCC2)CC(CO)O1. The molecule has 0 aromatic rings. The van der Waals surface area contributed by atoms with Gasteiger partial charge in [0.1, 0.15) is 5.41 Å². The molecule has 2 rings (SSSR count). The second kappa shape index (κ2) is 5.97. The number of amidine groups is 1. The highest BCUT2D eigenvalue weighted by atomic mass is 16.5. The largest absolute Gasteiger partial charge is 0.409 e. The maximum atomic E-state index is 12.8. The van der Waals surface area contributed by atoms with Crippen LogP contribution in [-0.2, 0) is 9.53 Å². The quantitative estimate of drug-likeness (QED) is 0.290. The molecule has 1 aliphatic carbocycles. The number of nitrogens with zero attached hydrogens (tertiary/aromatic N) is 2. The van der Waals surface area contributed by atoms with Crippen molar-refractivity contribution in [1.82, 2.24) is 4.90 Å². The van der Waals surface area contributed by atoms with E-state index in [2.05, 4.69) is 5.16 Å². The Hall–Kier alpha value is -1.34. The fourth-order valence-electron chi connectivity index (χ4n) is 3.27. The molecule has 2 atom stereocenters. The molecule has 0 radical (unpaired) electrons. The highest BCUT2D eigenvalue weighted by Crippen LogP contribution is 2.40. The van der Waals surface area contributed by atoms with E-state index in [1.54, 1.807) is 4.90 Å². The lowest BCUT2D eigenvalue weighted by Gasteiger charge is -2.40. The van der Waals surface area contributed by atoms with E-state index in [0.717, 1.165) is 12.8 Å². The van der Waals surface area contributed by atoms with E-state index < -0.39 is 5.41 Å². The molecule has 1 saturated carbocycles. The topological polar surface area (TPSA) is 108 Å². The summed E-state index contributed by atoms with van der Waals surface area (Å²) in [5, 5.41) is 21.3. The molecule has 0 spiro atoms. The molecule has 4 N–H and O–H groups in total. The van der Waals surface area contributed by atoms with Gasteiger partial charge in [-0.25, -0.2) is 0 Å². The molecule has 1 saturated heterocycles. The van der Waals surface area contributed by atoms with Crippen molar-refractivity contribution in [2.45, 2.75) is 44.8 Å². The number of oxime groups is 1. The molecule has 2 fully saturated rings. The molecule has 2 aliphatic rings. The highest BCUT2D eigenvalue weighted by Gasteiger charge is 2.48. The lowest BCUT2D eigenvalue weighted by Crippen LogP contribution is -2.57. The number of amides is 1. The summed E-state index contributed by atoms with van der Waals surface area (Å²) < 4.78 is 5.54. The standard InChI is InChI=1S/C13H23N3O4/c1-9-6-16(7-10(8-17)20-9)12(18)13(11(14)15-19)4-2-3-5-13/h9-10,17,19H,2-8H2,1H3,(H2,14,15). The van der Waals surface area contributed by atoms with Crippen molar-refractivity contribution in [1.29, 1.82) is 0 Å². The van der Waals surface area contributed by atoms with Gasteiger partial charge in [0, 0.05) is 13.1 Å². The average molecular weight is 285 g/mol. The number of hydrogen-bond donors (Lipinski definition) is 3. The summed E-state index contributed by atoms with van der Waals surface area (Å²) in [7, 11) is 0. The molecule has 2 unspecified atom stereocenters. The Morgan fingerprint density at radius 2 is 2.10 bits per heavy atom. The zero-order valence-electron chi connectivity index (χ0n) is 11.8. The Bertz CT molecular complexity index is 393. The summed E-state index contributed by atoms with van der Waals surface area (Å²) >= 11 is 0. The number of ether oxygens (including phenoxy) is 1. The van der Waals surface area contributed by atoms with E-state index in [1.807, 2.05) is 6.92 Å². The smallest absolute Gasteiger partial charge is 0.236 e. The number of hydrogen-bond acceptors (Lipinski definition) is 5. The maximum Gasteiger partial charge on any atom is 0.236 e. The molecular weight excluding hydrogens is 262 g/mol. The predicted octanol–water partition coefficient (Wildman–Crippen LogP) is -0.0986. The normalized spacial score (nSPS) is 30.5.